The second-order valence-corrected chi connectivity index (χ2v) is 7.46. The number of ether oxygens (including phenoxy) is 1. The second kappa shape index (κ2) is 15.9. The van der Waals surface area contributed by atoms with Gasteiger partial charge in [-0.2, -0.15) is 26.3 Å². The molecule has 10 heteroatoms. The largest absolute Gasteiger partial charge is 0.459 e. The Kier molecular flexibility index (Phi) is 15.0. The standard InChI is InChI=1S/C23H32F8O2/c1-2-3-4-5-6-7-8-9-10-11-12-13-14-15-16-17-19(32)33-18-21(26,27)23(30,31)22(28,29)20(24)25/h3-4,6-7,9-10,20H,2,5,8,11-18H2,1H3/b4-3-,7-6-,10-9-. The Morgan fingerprint density at radius 1 is 0.788 bits per heavy atom. The van der Waals surface area contributed by atoms with Gasteiger partial charge >= 0.3 is 30.2 Å². The summed E-state index contributed by atoms with van der Waals surface area (Å²) in [4.78, 5) is 11.4. The Morgan fingerprint density at radius 3 is 1.88 bits per heavy atom. The molecule has 0 aliphatic rings. The van der Waals surface area contributed by atoms with Crippen LogP contribution in [0, 0.1) is 0 Å². The van der Waals surface area contributed by atoms with Crippen molar-refractivity contribution in [3.8, 4) is 0 Å². The highest BCUT2D eigenvalue weighted by Gasteiger charge is 2.75. The monoisotopic (exact) mass is 492 g/mol. The predicted molar refractivity (Wildman–Crippen MR) is 111 cm³/mol. The molecule has 0 bridgehead atoms. The minimum atomic E-state index is -6.37. The van der Waals surface area contributed by atoms with Gasteiger partial charge in [0.25, 0.3) is 0 Å². The quantitative estimate of drug-likeness (QED) is 0.0833. The van der Waals surface area contributed by atoms with Gasteiger partial charge in [0.05, 0.1) is 0 Å². The van der Waals surface area contributed by atoms with Crippen LogP contribution in [0.25, 0.3) is 0 Å². The summed E-state index contributed by atoms with van der Waals surface area (Å²) in [5.41, 5.74) is 0. The number of rotatable bonds is 18. The Bertz CT molecular complexity index is 628. The Labute approximate surface area is 189 Å². The van der Waals surface area contributed by atoms with Gasteiger partial charge in [-0.3, -0.25) is 4.79 Å². The van der Waals surface area contributed by atoms with Gasteiger partial charge in [-0.1, -0.05) is 62.6 Å². The lowest BCUT2D eigenvalue weighted by atomic mass is 10.1. The molecule has 0 atom stereocenters. The van der Waals surface area contributed by atoms with Crippen LogP contribution < -0.4 is 0 Å². The van der Waals surface area contributed by atoms with Crippen LogP contribution in [-0.4, -0.2) is 36.8 Å². The maximum atomic E-state index is 13.3. The van der Waals surface area contributed by atoms with Crippen LogP contribution in [0.15, 0.2) is 36.5 Å². The SMILES string of the molecule is CC/C=C\C/C=C\C/C=C\CCCCCCCC(=O)OCC(F)(F)C(F)(F)C(F)(F)C(F)F. The third-order valence-electron chi connectivity index (χ3n) is 4.60. The van der Waals surface area contributed by atoms with Crippen LogP contribution in [0.2, 0.25) is 0 Å². The Balaban J connectivity index is 3.95. The lowest BCUT2D eigenvalue weighted by molar-refractivity contribution is -0.344. The first kappa shape index (κ1) is 31.1. The molecule has 0 spiro atoms. The molecule has 33 heavy (non-hydrogen) atoms. The van der Waals surface area contributed by atoms with E-state index in [1.54, 1.807) is 0 Å². The van der Waals surface area contributed by atoms with Crippen molar-refractivity contribution in [1.82, 2.24) is 0 Å². The zero-order valence-corrected chi connectivity index (χ0v) is 18.7. The number of halogens is 8. The number of alkyl halides is 8. The first-order chi connectivity index (χ1) is 15.4. The molecule has 2 nitrogen and oxygen atoms in total. The van der Waals surface area contributed by atoms with Crippen molar-refractivity contribution in [2.24, 2.45) is 0 Å². The Hall–Kier alpha value is -1.87. The highest BCUT2D eigenvalue weighted by atomic mass is 19.4. The summed E-state index contributed by atoms with van der Waals surface area (Å²) in [5, 5.41) is 0. The molecule has 0 unspecified atom stereocenters. The van der Waals surface area contributed by atoms with E-state index >= 15 is 0 Å². The van der Waals surface area contributed by atoms with Gasteiger partial charge in [0.15, 0.2) is 6.61 Å². The van der Waals surface area contributed by atoms with Gasteiger partial charge in [0.2, 0.25) is 0 Å². The highest BCUT2D eigenvalue weighted by Crippen LogP contribution is 2.48. The van der Waals surface area contributed by atoms with E-state index in [4.69, 9.17) is 0 Å². The predicted octanol–water partition coefficient (Wildman–Crippen LogP) is 8.29. The minimum Gasteiger partial charge on any atom is -0.459 e. The second-order valence-electron chi connectivity index (χ2n) is 7.46. The zero-order chi connectivity index (χ0) is 25.4. The molecule has 0 saturated heterocycles. The molecule has 0 heterocycles. The van der Waals surface area contributed by atoms with E-state index in [1.165, 1.54) is 0 Å². The van der Waals surface area contributed by atoms with Crippen LogP contribution in [0.5, 0.6) is 0 Å². The van der Waals surface area contributed by atoms with Gasteiger partial charge in [-0.25, -0.2) is 8.78 Å². The fourth-order valence-corrected chi connectivity index (χ4v) is 2.60. The molecule has 0 aliphatic heterocycles. The maximum Gasteiger partial charge on any atom is 0.381 e. The molecule has 0 aromatic heterocycles. The minimum absolute atomic E-state index is 0.237. The zero-order valence-electron chi connectivity index (χ0n) is 18.7. The molecule has 0 rings (SSSR count). The van der Waals surface area contributed by atoms with Gasteiger partial charge in [0, 0.05) is 6.42 Å². The van der Waals surface area contributed by atoms with E-state index in [1.807, 2.05) is 0 Å². The van der Waals surface area contributed by atoms with Crippen molar-refractivity contribution in [3.63, 3.8) is 0 Å². The lowest BCUT2D eigenvalue weighted by Crippen LogP contribution is -2.59. The normalized spacial score (nSPS) is 13.8. The molecule has 0 N–H and O–H groups in total. The molecular weight excluding hydrogens is 460 g/mol. The van der Waals surface area contributed by atoms with Crippen LogP contribution in [0.1, 0.15) is 71.1 Å². The summed E-state index contributed by atoms with van der Waals surface area (Å²) in [5.74, 6) is -19.6. The summed E-state index contributed by atoms with van der Waals surface area (Å²) in [6, 6.07) is 0. The van der Waals surface area contributed by atoms with Crippen molar-refractivity contribution in [2.45, 2.75) is 95.3 Å². The molecular formula is C23H32F8O2. The van der Waals surface area contributed by atoms with E-state index in [2.05, 4.69) is 48.1 Å². The van der Waals surface area contributed by atoms with Gasteiger partial charge < -0.3 is 4.74 Å². The van der Waals surface area contributed by atoms with Gasteiger partial charge in [-0.05, 0) is 38.5 Å². The first-order valence-electron chi connectivity index (χ1n) is 10.9. The van der Waals surface area contributed by atoms with Crippen LogP contribution in [-0.2, 0) is 9.53 Å². The molecule has 0 radical (unpaired) electrons. The van der Waals surface area contributed by atoms with Crippen molar-refractivity contribution < 1.29 is 44.7 Å². The molecule has 0 saturated carbocycles. The van der Waals surface area contributed by atoms with Crippen LogP contribution in [0.3, 0.4) is 0 Å². The average molecular weight is 492 g/mol. The van der Waals surface area contributed by atoms with Gasteiger partial charge in [0.1, 0.15) is 0 Å². The number of carbonyl (C=O) groups excluding carboxylic acids is 1. The number of carbonyl (C=O) groups is 1. The summed E-state index contributed by atoms with van der Waals surface area (Å²) in [6.07, 6.45) is 14.1. The fraction of sp³-hybridized carbons (Fsp3) is 0.696. The van der Waals surface area contributed by atoms with Gasteiger partial charge in [-0.15, -0.1) is 0 Å². The van der Waals surface area contributed by atoms with Crippen molar-refractivity contribution >= 4 is 5.97 Å². The smallest absolute Gasteiger partial charge is 0.381 e. The summed E-state index contributed by atoms with van der Waals surface area (Å²) in [7, 11) is 0. The topological polar surface area (TPSA) is 26.3 Å². The first-order valence-corrected chi connectivity index (χ1v) is 10.9. The van der Waals surface area contributed by atoms with E-state index in [0.717, 1.165) is 44.9 Å². The number of hydrogen-bond acceptors (Lipinski definition) is 2. The van der Waals surface area contributed by atoms with E-state index in [0.29, 0.717) is 6.42 Å². The molecule has 0 aromatic rings. The number of esters is 1. The molecule has 192 valence electrons. The van der Waals surface area contributed by atoms with Crippen molar-refractivity contribution in [3.05, 3.63) is 36.5 Å². The number of allylic oxidation sites excluding steroid dienone is 6. The van der Waals surface area contributed by atoms with E-state index < -0.39 is 36.8 Å². The number of hydrogen-bond donors (Lipinski definition) is 0. The third kappa shape index (κ3) is 11.7. The molecule has 0 aliphatic carbocycles. The average Bonchev–Trinajstić information content (AvgIpc) is 2.74. The van der Waals surface area contributed by atoms with Crippen molar-refractivity contribution in [1.29, 1.82) is 0 Å². The highest BCUT2D eigenvalue weighted by molar-refractivity contribution is 5.69. The van der Waals surface area contributed by atoms with E-state index in [-0.39, 0.29) is 12.8 Å². The molecule has 0 fully saturated rings. The molecule has 0 amide bonds. The van der Waals surface area contributed by atoms with Crippen LogP contribution >= 0.6 is 0 Å². The van der Waals surface area contributed by atoms with Crippen molar-refractivity contribution in [2.75, 3.05) is 6.61 Å². The van der Waals surface area contributed by atoms with Crippen LogP contribution in [0.4, 0.5) is 35.1 Å². The lowest BCUT2D eigenvalue weighted by Gasteiger charge is -2.31. The number of unbranched alkanes of at least 4 members (excludes halogenated alkanes) is 5. The Morgan fingerprint density at radius 2 is 1.30 bits per heavy atom. The molecule has 0 aromatic carbocycles. The maximum absolute atomic E-state index is 13.3. The van der Waals surface area contributed by atoms with E-state index in [9.17, 15) is 39.9 Å². The third-order valence-corrected chi connectivity index (χ3v) is 4.60. The summed E-state index contributed by atoms with van der Waals surface area (Å²) < 4.78 is 106. The summed E-state index contributed by atoms with van der Waals surface area (Å²) in [6.45, 7) is -0.330. The summed E-state index contributed by atoms with van der Waals surface area (Å²) >= 11 is 0. The fourth-order valence-electron chi connectivity index (χ4n) is 2.60.